The zero-order chi connectivity index (χ0) is 15.5. The number of benzene rings is 2. The Balaban J connectivity index is 2.03. The molecule has 110 valence electrons. The van der Waals surface area contributed by atoms with Crippen molar-refractivity contribution in [3.05, 3.63) is 78.6 Å². The van der Waals surface area contributed by atoms with Gasteiger partial charge in [0.1, 0.15) is 0 Å². The maximum atomic E-state index is 12.7. The largest absolute Gasteiger partial charge is 0.350 e. The number of hydrogen-bond acceptors (Lipinski definition) is 3. The van der Waals surface area contributed by atoms with Crippen molar-refractivity contribution >= 4 is 17.6 Å². The maximum absolute atomic E-state index is 12.7. The van der Waals surface area contributed by atoms with E-state index < -0.39 is 6.03 Å². The Bertz CT molecular complexity index is 713. The van der Waals surface area contributed by atoms with E-state index in [4.69, 9.17) is 0 Å². The van der Waals surface area contributed by atoms with Crippen molar-refractivity contribution in [1.82, 2.24) is 9.91 Å². The monoisotopic (exact) mass is 293 g/mol. The second kappa shape index (κ2) is 5.73. The quantitative estimate of drug-likeness (QED) is 0.854. The Kier molecular flexibility index (Phi) is 3.62. The second-order valence-electron chi connectivity index (χ2n) is 4.85. The molecule has 0 unspecified atom stereocenters. The molecule has 0 N–H and O–H groups in total. The number of imide groups is 1. The minimum atomic E-state index is -0.403. The molecule has 0 bridgehead atoms. The fourth-order valence-electron chi connectivity index (χ4n) is 2.21. The van der Waals surface area contributed by atoms with Crippen LogP contribution in [-0.2, 0) is 0 Å². The van der Waals surface area contributed by atoms with Crippen LogP contribution in [0.2, 0.25) is 0 Å². The lowest BCUT2D eigenvalue weighted by Crippen LogP contribution is -2.54. The van der Waals surface area contributed by atoms with E-state index in [-0.39, 0.29) is 5.91 Å². The van der Waals surface area contributed by atoms with Gasteiger partial charge >= 0.3 is 6.03 Å². The highest BCUT2D eigenvalue weighted by molar-refractivity contribution is 6.06. The Morgan fingerprint density at radius 1 is 0.864 bits per heavy atom. The van der Waals surface area contributed by atoms with Crippen LogP contribution in [0.4, 0.5) is 10.5 Å². The van der Waals surface area contributed by atoms with E-state index in [1.807, 2.05) is 36.4 Å². The van der Waals surface area contributed by atoms with Crippen LogP contribution in [-0.4, -0.2) is 28.9 Å². The average molecular weight is 293 g/mol. The van der Waals surface area contributed by atoms with E-state index in [1.165, 1.54) is 4.90 Å². The zero-order valence-corrected chi connectivity index (χ0v) is 12.1. The van der Waals surface area contributed by atoms with E-state index in [0.717, 1.165) is 10.7 Å². The van der Waals surface area contributed by atoms with Crippen LogP contribution in [0.1, 0.15) is 10.4 Å². The molecule has 22 heavy (non-hydrogen) atoms. The molecule has 0 atom stereocenters. The summed E-state index contributed by atoms with van der Waals surface area (Å²) in [5.74, 6) is -0.370. The molecule has 0 saturated carbocycles. The fraction of sp³-hybridized carbons (Fsp3) is 0.0588. The molecule has 1 aliphatic heterocycles. The number of urea groups is 1. The van der Waals surface area contributed by atoms with Crippen molar-refractivity contribution < 1.29 is 9.59 Å². The van der Waals surface area contributed by atoms with Crippen molar-refractivity contribution in [3.63, 3.8) is 0 Å². The highest BCUT2D eigenvalue weighted by atomic mass is 16.2. The summed E-state index contributed by atoms with van der Waals surface area (Å²) in [6.07, 6.45) is 3.32. The van der Waals surface area contributed by atoms with Crippen LogP contribution in [0, 0.1) is 0 Å². The van der Waals surface area contributed by atoms with E-state index >= 15 is 0 Å². The molecule has 5 nitrogen and oxygen atoms in total. The summed E-state index contributed by atoms with van der Waals surface area (Å²) in [6, 6.07) is 17.6. The summed E-state index contributed by atoms with van der Waals surface area (Å²) in [4.78, 5) is 26.6. The molecule has 2 aromatic rings. The van der Waals surface area contributed by atoms with Crippen LogP contribution in [0.25, 0.3) is 0 Å². The van der Waals surface area contributed by atoms with Gasteiger partial charge in [-0.1, -0.05) is 36.4 Å². The van der Waals surface area contributed by atoms with Crippen LogP contribution >= 0.6 is 0 Å². The lowest BCUT2D eigenvalue weighted by Gasteiger charge is -2.37. The molecule has 3 rings (SSSR count). The molecule has 0 aromatic heterocycles. The smallest absolute Gasteiger partial charge is 0.301 e. The van der Waals surface area contributed by atoms with Gasteiger partial charge in [0, 0.05) is 25.0 Å². The first-order valence-corrected chi connectivity index (χ1v) is 6.87. The number of carbonyl (C=O) groups excluding carboxylic acids is 2. The SMILES string of the molecule is CN1C=CN(c2ccccc2)N(C(=O)c2ccccc2)C1=O. The number of nitrogens with zero attached hydrogens (tertiary/aromatic N) is 3. The number of carbonyl (C=O) groups is 2. The third-order valence-electron chi connectivity index (χ3n) is 3.36. The van der Waals surface area contributed by atoms with Crippen LogP contribution in [0.5, 0.6) is 0 Å². The number of hydrazine groups is 1. The highest BCUT2D eigenvalue weighted by Gasteiger charge is 2.33. The first-order valence-electron chi connectivity index (χ1n) is 6.87. The highest BCUT2D eigenvalue weighted by Crippen LogP contribution is 2.23. The summed E-state index contributed by atoms with van der Waals surface area (Å²) < 4.78 is 0. The Labute approximate surface area is 128 Å². The van der Waals surface area contributed by atoms with Crippen molar-refractivity contribution in [2.75, 3.05) is 12.1 Å². The Morgan fingerprint density at radius 3 is 2.09 bits per heavy atom. The molecular weight excluding hydrogens is 278 g/mol. The van der Waals surface area contributed by atoms with Gasteiger partial charge in [0.2, 0.25) is 0 Å². The zero-order valence-electron chi connectivity index (χ0n) is 12.1. The molecule has 0 fully saturated rings. The van der Waals surface area contributed by atoms with E-state index in [9.17, 15) is 9.59 Å². The second-order valence-corrected chi connectivity index (χ2v) is 4.85. The molecule has 0 spiro atoms. The van der Waals surface area contributed by atoms with Crippen molar-refractivity contribution in [3.8, 4) is 0 Å². The van der Waals surface area contributed by atoms with Gasteiger partial charge in [-0.2, -0.15) is 5.01 Å². The minimum absolute atomic E-state index is 0.370. The van der Waals surface area contributed by atoms with Crippen molar-refractivity contribution in [2.45, 2.75) is 0 Å². The predicted molar refractivity (Wildman–Crippen MR) is 83.8 cm³/mol. The summed E-state index contributed by atoms with van der Waals surface area (Å²) in [6.45, 7) is 0. The standard InChI is InChI=1S/C17H15N3O2/c1-18-12-13-19(15-10-6-3-7-11-15)20(17(18)22)16(21)14-8-4-2-5-9-14/h2-13H,1H3. The van der Waals surface area contributed by atoms with E-state index in [1.54, 1.807) is 48.7 Å². The normalized spacial score (nSPS) is 14.4. The van der Waals surface area contributed by atoms with E-state index in [2.05, 4.69) is 0 Å². The summed E-state index contributed by atoms with van der Waals surface area (Å²) in [5.41, 5.74) is 1.20. The number of rotatable bonds is 2. The maximum Gasteiger partial charge on any atom is 0.350 e. The van der Waals surface area contributed by atoms with Crippen LogP contribution < -0.4 is 5.01 Å². The molecule has 1 aliphatic rings. The van der Waals surface area contributed by atoms with Crippen LogP contribution in [0.15, 0.2) is 73.1 Å². The fourth-order valence-corrected chi connectivity index (χ4v) is 2.21. The number of para-hydroxylation sites is 1. The summed E-state index contributed by atoms with van der Waals surface area (Å²) >= 11 is 0. The number of amides is 3. The third kappa shape index (κ3) is 2.44. The third-order valence-corrected chi connectivity index (χ3v) is 3.36. The molecular formula is C17H15N3O2. The van der Waals surface area contributed by atoms with Gasteiger partial charge in [0.05, 0.1) is 5.69 Å². The molecule has 0 radical (unpaired) electrons. The number of anilines is 1. The van der Waals surface area contributed by atoms with Gasteiger partial charge < -0.3 is 4.90 Å². The van der Waals surface area contributed by atoms with Crippen LogP contribution in [0.3, 0.4) is 0 Å². The molecule has 0 aliphatic carbocycles. The average Bonchev–Trinajstić information content (AvgIpc) is 2.58. The molecule has 3 amide bonds. The van der Waals surface area contributed by atoms with E-state index in [0.29, 0.717) is 5.56 Å². The van der Waals surface area contributed by atoms with Gasteiger partial charge in [0.25, 0.3) is 5.91 Å². The van der Waals surface area contributed by atoms with Gasteiger partial charge in [-0.15, -0.1) is 0 Å². The molecule has 0 saturated heterocycles. The molecule has 5 heteroatoms. The van der Waals surface area contributed by atoms with Gasteiger partial charge in [-0.05, 0) is 24.3 Å². The minimum Gasteiger partial charge on any atom is -0.301 e. The molecule has 2 aromatic carbocycles. The van der Waals surface area contributed by atoms with Gasteiger partial charge in [-0.25, -0.2) is 9.80 Å². The molecule has 1 heterocycles. The van der Waals surface area contributed by atoms with Crippen molar-refractivity contribution in [2.24, 2.45) is 0 Å². The first kappa shape index (κ1) is 13.9. The lowest BCUT2D eigenvalue weighted by atomic mass is 10.2. The van der Waals surface area contributed by atoms with Gasteiger partial charge in [-0.3, -0.25) is 4.79 Å². The van der Waals surface area contributed by atoms with Crippen molar-refractivity contribution in [1.29, 1.82) is 0 Å². The van der Waals surface area contributed by atoms with Gasteiger partial charge in [0.15, 0.2) is 0 Å². The number of hydrogen-bond donors (Lipinski definition) is 0. The Hall–Kier alpha value is -3.08. The predicted octanol–water partition coefficient (Wildman–Crippen LogP) is 3.09. The summed E-state index contributed by atoms with van der Waals surface area (Å²) in [7, 11) is 1.62. The summed E-state index contributed by atoms with van der Waals surface area (Å²) in [5, 5.41) is 2.68. The topological polar surface area (TPSA) is 43.9 Å². The first-order chi connectivity index (χ1) is 10.7. The Morgan fingerprint density at radius 2 is 1.45 bits per heavy atom. The lowest BCUT2D eigenvalue weighted by molar-refractivity contribution is 0.0768.